The molecule has 0 aromatic carbocycles. The third-order valence-corrected chi connectivity index (χ3v) is 7.71. The van der Waals surface area contributed by atoms with Crippen LogP contribution in [0.2, 0.25) is 0 Å². The lowest BCUT2D eigenvalue weighted by atomic mass is 9.36. The average molecular weight is 234 g/mol. The van der Waals surface area contributed by atoms with Gasteiger partial charge in [0.15, 0.2) is 0 Å². The van der Waals surface area contributed by atoms with Gasteiger partial charge in [-0.05, 0) is 39.9 Å². The first-order valence-electron chi connectivity index (χ1n) is 7.14. The third kappa shape index (κ3) is 1.25. The highest BCUT2D eigenvalue weighted by Crippen LogP contribution is 2.71. The van der Waals surface area contributed by atoms with Crippen LogP contribution in [-0.4, -0.2) is 0 Å². The van der Waals surface area contributed by atoms with E-state index in [4.69, 9.17) is 0 Å². The maximum Gasteiger partial charge on any atom is -0.0140 e. The summed E-state index contributed by atoms with van der Waals surface area (Å²) in [6.07, 6.45) is 6.21. The van der Waals surface area contributed by atoms with Gasteiger partial charge in [0.2, 0.25) is 0 Å². The van der Waals surface area contributed by atoms with Crippen LogP contribution in [0.15, 0.2) is 12.2 Å². The molecule has 2 unspecified atom stereocenters. The van der Waals surface area contributed by atoms with Gasteiger partial charge in [-0.3, -0.25) is 0 Å². The SMILES string of the molecule is CC1(C)C2C=CCC2C(C)(C)C(C)(C)C1(C)C. The van der Waals surface area contributed by atoms with Gasteiger partial charge in [0.05, 0.1) is 0 Å². The van der Waals surface area contributed by atoms with E-state index < -0.39 is 0 Å². The van der Waals surface area contributed by atoms with Gasteiger partial charge in [-0.2, -0.15) is 0 Å². The number of allylic oxidation sites excluding steroid dienone is 2. The molecular weight excluding hydrogens is 204 g/mol. The summed E-state index contributed by atoms with van der Waals surface area (Å²) in [5.41, 5.74) is 1.49. The Balaban J connectivity index is 2.61. The van der Waals surface area contributed by atoms with Crippen molar-refractivity contribution in [1.82, 2.24) is 0 Å². The molecule has 0 spiro atoms. The molecule has 0 amide bonds. The van der Waals surface area contributed by atoms with E-state index in [9.17, 15) is 0 Å². The van der Waals surface area contributed by atoms with Crippen LogP contribution in [0.1, 0.15) is 61.8 Å². The summed E-state index contributed by atoms with van der Waals surface area (Å²) in [6, 6.07) is 0. The highest BCUT2D eigenvalue weighted by atomic mass is 14.7. The summed E-state index contributed by atoms with van der Waals surface area (Å²) in [5.74, 6) is 1.57. The van der Waals surface area contributed by atoms with E-state index in [2.05, 4.69) is 67.5 Å². The van der Waals surface area contributed by atoms with Crippen molar-refractivity contribution in [3.63, 3.8) is 0 Å². The molecule has 2 aliphatic carbocycles. The third-order valence-electron chi connectivity index (χ3n) is 7.71. The second-order valence-electron chi connectivity index (χ2n) is 8.49. The van der Waals surface area contributed by atoms with Crippen LogP contribution in [-0.2, 0) is 0 Å². The molecule has 1 saturated carbocycles. The second-order valence-corrected chi connectivity index (χ2v) is 8.49. The van der Waals surface area contributed by atoms with Crippen molar-refractivity contribution in [2.24, 2.45) is 33.5 Å². The number of hydrogen-bond donors (Lipinski definition) is 0. The van der Waals surface area contributed by atoms with E-state index in [0.717, 1.165) is 11.8 Å². The number of hydrogen-bond acceptors (Lipinski definition) is 0. The highest BCUT2D eigenvalue weighted by Gasteiger charge is 2.65. The first kappa shape index (κ1) is 13.2. The first-order valence-corrected chi connectivity index (χ1v) is 7.14. The zero-order valence-electron chi connectivity index (χ0n) is 13.0. The van der Waals surface area contributed by atoms with Gasteiger partial charge >= 0.3 is 0 Å². The monoisotopic (exact) mass is 234 g/mol. The summed E-state index contributed by atoms with van der Waals surface area (Å²) in [7, 11) is 0. The summed E-state index contributed by atoms with van der Waals surface area (Å²) in [6.45, 7) is 19.9. The summed E-state index contributed by atoms with van der Waals surface area (Å²) in [4.78, 5) is 0. The minimum atomic E-state index is 0.347. The van der Waals surface area contributed by atoms with Crippen LogP contribution in [0.4, 0.5) is 0 Å². The smallest absolute Gasteiger partial charge is 0.0140 e. The molecule has 1 fully saturated rings. The Kier molecular flexibility index (Phi) is 2.47. The largest absolute Gasteiger partial charge is 0.0879 e. The Morgan fingerprint density at radius 3 is 1.76 bits per heavy atom. The molecule has 0 saturated heterocycles. The van der Waals surface area contributed by atoms with Crippen LogP contribution in [0.25, 0.3) is 0 Å². The van der Waals surface area contributed by atoms with Crippen molar-refractivity contribution in [2.75, 3.05) is 0 Å². The Bertz CT molecular complexity index is 352. The lowest BCUT2D eigenvalue weighted by Gasteiger charge is -2.68. The predicted octanol–water partition coefficient (Wildman–Crippen LogP) is 5.30. The van der Waals surface area contributed by atoms with E-state index in [1.54, 1.807) is 0 Å². The van der Waals surface area contributed by atoms with E-state index in [0.29, 0.717) is 21.7 Å². The fourth-order valence-corrected chi connectivity index (χ4v) is 4.63. The zero-order valence-corrected chi connectivity index (χ0v) is 13.0. The molecular formula is C17H30. The second kappa shape index (κ2) is 3.19. The predicted molar refractivity (Wildman–Crippen MR) is 75.9 cm³/mol. The van der Waals surface area contributed by atoms with Crippen LogP contribution in [0.5, 0.6) is 0 Å². The number of fused-ring (bicyclic) bond motifs is 1. The molecule has 98 valence electrons. The van der Waals surface area contributed by atoms with E-state index in [1.165, 1.54) is 6.42 Å². The van der Waals surface area contributed by atoms with Crippen molar-refractivity contribution >= 4 is 0 Å². The Morgan fingerprint density at radius 2 is 1.24 bits per heavy atom. The Hall–Kier alpha value is -0.260. The molecule has 0 heteroatoms. The van der Waals surface area contributed by atoms with Gasteiger partial charge in [-0.15, -0.1) is 0 Å². The molecule has 0 bridgehead atoms. The minimum absolute atomic E-state index is 0.347. The van der Waals surface area contributed by atoms with Crippen LogP contribution in [0, 0.1) is 33.5 Å². The van der Waals surface area contributed by atoms with Crippen molar-refractivity contribution in [3.8, 4) is 0 Å². The number of rotatable bonds is 0. The molecule has 0 aromatic heterocycles. The van der Waals surface area contributed by atoms with E-state index in [-0.39, 0.29) is 0 Å². The van der Waals surface area contributed by atoms with Gasteiger partial charge in [0, 0.05) is 0 Å². The minimum Gasteiger partial charge on any atom is -0.0879 e. The summed E-state index contributed by atoms with van der Waals surface area (Å²) < 4.78 is 0. The molecule has 2 aliphatic rings. The van der Waals surface area contributed by atoms with Crippen molar-refractivity contribution in [2.45, 2.75) is 61.8 Å². The van der Waals surface area contributed by atoms with Crippen molar-refractivity contribution in [1.29, 1.82) is 0 Å². The molecule has 0 N–H and O–H groups in total. The van der Waals surface area contributed by atoms with E-state index >= 15 is 0 Å². The molecule has 17 heavy (non-hydrogen) atoms. The van der Waals surface area contributed by atoms with Gasteiger partial charge in [-0.1, -0.05) is 67.5 Å². The van der Waals surface area contributed by atoms with Gasteiger partial charge < -0.3 is 0 Å². The molecule has 0 aliphatic heterocycles. The van der Waals surface area contributed by atoms with Gasteiger partial charge in [-0.25, -0.2) is 0 Å². The van der Waals surface area contributed by atoms with Crippen LogP contribution >= 0.6 is 0 Å². The molecule has 0 aromatic rings. The molecule has 2 atom stereocenters. The van der Waals surface area contributed by atoms with Crippen molar-refractivity contribution in [3.05, 3.63) is 12.2 Å². The lowest BCUT2D eigenvalue weighted by molar-refractivity contribution is -0.196. The quantitative estimate of drug-likeness (QED) is 0.499. The van der Waals surface area contributed by atoms with Crippen molar-refractivity contribution < 1.29 is 0 Å². The maximum atomic E-state index is 2.50. The normalized spacial score (nSPS) is 40.0. The average Bonchev–Trinajstić information content (AvgIpc) is 2.64. The maximum absolute atomic E-state index is 2.50. The van der Waals surface area contributed by atoms with Crippen LogP contribution in [0.3, 0.4) is 0 Å². The lowest BCUT2D eigenvalue weighted by Crippen LogP contribution is -2.62. The summed E-state index contributed by atoms with van der Waals surface area (Å²) >= 11 is 0. The molecule has 2 rings (SSSR count). The van der Waals surface area contributed by atoms with E-state index in [1.807, 2.05) is 0 Å². The molecule has 0 radical (unpaired) electrons. The zero-order chi connectivity index (χ0) is 13.3. The molecule has 0 heterocycles. The Labute approximate surface area is 108 Å². The fraction of sp³-hybridized carbons (Fsp3) is 0.882. The Morgan fingerprint density at radius 1 is 0.765 bits per heavy atom. The molecule has 0 nitrogen and oxygen atoms in total. The fourth-order valence-electron chi connectivity index (χ4n) is 4.63. The van der Waals surface area contributed by atoms with Gasteiger partial charge in [0.1, 0.15) is 0 Å². The topological polar surface area (TPSA) is 0 Å². The summed E-state index contributed by atoms with van der Waals surface area (Å²) in [5, 5.41) is 0. The van der Waals surface area contributed by atoms with Gasteiger partial charge in [0.25, 0.3) is 0 Å². The first-order chi connectivity index (χ1) is 7.48. The van der Waals surface area contributed by atoms with Crippen LogP contribution < -0.4 is 0 Å². The highest BCUT2D eigenvalue weighted by molar-refractivity contribution is 5.21. The standard InChI is InChI=1S/C17H30/c1-14(2)12-10-9-11-13(12)15(3,4)17(7,8)16(14,5)6/h9-10,12-13H,11H2,1-8H3.